The van der Waals surface area contributed by atoms with E-state index in [2.05, 4.69) is 34.0 Å². The number of rotatable bonds is 4. The van der Waals surface area contributed by atoms with E-state index >= 15 is 0 Å². The van der Waals surface area contributed by atoms with Gasteiger partial charge < -0.3 is 16.0 Å². The van der Waals surface area contributed by atoms with Gasteiger partial charge in [-0.05, 0) is 32.7 Å². The average Bonchev–Trinajstić information content (AvgIpc) is 2.73. The number of likely N-dealkylation sites (tertiary alicyclic amines) is 1. The molecule has 1 aromatic heterocycles. The second-order valence-electron chi connectivity index (χ2n) is 5.06. The fourth-order valence-corrected chi connectivity index (χ4v) is 2.46. The molecule has 1 aliphatic rings. The Kier molecular flexibility index (Phi) is 4.24. The Morgan fingerprint density at radius 2 is 2.33 bits per heavy atom. The molecule has 1 aromatic rings. The quantitative estimate of drug-likeness (QED) is 0.817. The molecular weight excluding hydrogens is 250 g/mol. The van der Waals surface area contributed by atoms with E-state index in [9.17, 15) is 0 Å². The summed E-state index contributed by atoms with van der Waals surface area (Å²) in [6.07, 6.45) is 1.22. The van der Waals surface area contributed by atoms with Gasteiger partial charge in [-0.25, -0.2) is 4.98 Å². The molecule has 0 amide bonds. The van der Waals surface area contributed by atoms with Crippen LogP contribution in [0.5, 0.6) is 0 Å². The Balaban J connectivity index is 1.85. The van der Waals surface area contributed by atoms with E-state index in [0.717, 1.165) is 13.1 Å². The lowest BCUT2D eigenvalue weighted by Crippen LogP contribution is -2.29. The maximum Gasteiger partial charge on any atom is 0.223 e. The molecule has 2 rings (SSSR count). The fourth-order valence-electron chi connectivity index (χ4n) is 2.27. The smallest absolute Gasteiger partial charge is 0.223 e. The fraction of sp³-hybridized carbons (Fsp3) is 0.667. The van der Waals surface area contributed by atoms with Gasteiger partial charge in [0, 0.05) is 25.2 Å². The van der Waals surface area contributed by atoms with Crippen molar-refractivity contribution < 1.29 is 0 Å². The van der Waals surface area contributed by atoms with Crippen LogP contribution in [0.3, 0.4) is 0 Å². The number of nitrogens with two attached hydrogens (primary N) is 1. The van der Waals surface area contributed by atoms with E-state index in [1.807, 2.05) is 0 Å². The predicted molar refractivity (Wildman–Crippen MR) is 74.8 cm³/mol. The maximum atomic E-state index is 5.83. The molecule has 1 atom stereocenters. The molecule has 1 aliphatic heterocycles. The van der Waals surface area contributed by atoms with Gasteiger partial charge in [-0.2, -0.15) is 4.98 Å². The van der Waals surface area contributed by atoms with Crippen LogP contribution in [0.15, 0.2) is 6.07 Å². The van der Waals surface area contributed by atoms with E-state index in [1.54, 1.807) is 6.07 Å². The van der Waals surface area contributed by atoms with Crippen LogP contribution in [0.4, 0.5) is 11.8 Å². The van der Waals surface area contributed by atoms with Gasteiger partial charge in [0.15, 0.2) is 0 Å². The summed E-state index contributed by atoms with van der Waals surface area (Å²) >= 11 is 5.83. The molecule has 0 aromatic carbocycles. The van der Waals surface area contributed by atoms with E-state index in [1.165, 1.54) is 13.0 Å². The average molecular weight is 270 g/mol. The molecule has 1 saturated heterocycles. The number of nitrogen functional groups attached to an aromatic ring is 1. The van der Waals surface area contributed by atoms with Crippen molar-refractivity contribution in [2.75, 3.05) is 30.7 Å². The minimum Gasteiger partial charge on any atom is -0.370 e. The third-order valence-electron chi connectivity index (χ3n) is 3.33. The zero-order valence-corrected chi connectivity index (χ0v) is 11.6. The van der Waals surface area contributed by atoms with E-state index in [4.69, 9.17) is 17.3 Å². The molecule has 0 radical (unpaired) electrons. The van der Waals surface area contributed by atoms with Crippen molar-refractivity contribution >= 4 is 23.4 Å². The minimum absolute atomic E-state index is 0.209. The Morgan fingerprint density at radius 1 is 1.56 bits per heavy atom. The predicted octanol–water partition coefficient (Wildman–Crippen LogP) is 1.85. The highest BCUT2D eigenvalue weighted by Gasteiger charge is 2.23. The van der Waals surface area contributed by atoms with Gasteiger partial charge in [-0.3, -0.25) is 0 Å². The molecule has 0 saturated carbocycles. The van der Waals surface area contributed by atoms with Crippen LogP contribution in [0.25, 0.3) is 0 Å². The van der Waals surface area contributed by atoms with Gasteiger partial charge in [0.2, 0.25) is 5.95 Å². The van der Waals surface area contributed by atoms with Gasteiger partial charge in [0.05, 0.1) is 0 Å². The molecule has 1 fully saturated rings. The molecule has 5 nitrogen and oxygen atoms in total. The lowest BCUT2D eigenvalue weighted by atomic mass is 10.1. The summed E-state index contributed by atoms with van der Waals surface area (Å²) in [5.41, 5.74) is 5.55. The summed E-state index contributed by atoms with van der Waals surface area (Å²) in [4.78, 5) is 10.4. The first-order chi connectivity index (χ1) is 8.54. The van der Waals surface area contributed by atoms with Crippen molar-refractivity contribution in [1.82, 2.24) is 14.9 Å². The molecule has 0 aliphatic carbocycles. The highest BCUT2D eigenvalue weighted by Crippen LogP contribution is 2.19. The molecule has 18 heavy (non-hydrogen) atoms. The first-order valence-electron chi connectivity index (χ1n) is 6.32. The van der Waals surface area contributed by atoms with Crippen molar-refractivity contribution in [3.05, 3.63) is 11.2 Å². The van der Waals surface area contributed by atoms with E-state index < -0.39 is 0 Å². The number of aromatic nitrogens is 2. The van der Waals surface area contributed by atoms with Crippen molar-refractivity contribution in [3.8, 4) is 0 Å². The number of hydrogen-bond donors (Lipinski definition) is 2. The lowest BCUT2D eigenvalue weighted by molar-refractivity contribution is 0.266. The van der Waals surface area contributed by atoms with Crippen LogP contribution in [0.1, 0.15) is 20.3 Å². The molecule has 0 spiro atoms. The summed E-state index contributed by atoms with van der Waals surface area (Å²) in [5, 5.41) is 3.66. The second-order valence-corrected chi connectivity index (χ2v) is 5.45. The SMILES string of the molecule is CC(C)N1CCC(CNc2cc(Cl)nc(N)n2)C1. The Morgan fingerprint density at radius 3 is 2.94 bits per heavy atom. The van der Waals surface area contributed by atoms with Crippen LogP contribution in [0.2, 0.25) is 5.15 Å². The van der Waals surface area contributed by atoms with Gasteiger partial charge in [0.1, 0.15) is 11.0 Å². The summed E-state index contributed by atoms with van der Waals surface area (Å²) in [7, 11) is 0. The molecule has 6 heteroatoms. The highest BCUT2D eigenvalue weighted by molar-refractivity contribution is 6.29. The van der Waals surface area contributed by atoms with E-state index in [0.29, 0.717) is 22.9 Å². The summed E-state index contributed by atoms with van der Waals surface area (Å²) in [6, 6.07) is 2.33. The summed E-state index contributed by atoms with van der Waals surface area (Å²) < 4.78 is 0. The van der Waals surface area contributed by atoms with Gasteiger partial charge in [-0.15, -0.1) is 0 Å². The lowest BCUT2D eigenvalue weighted by Gasteiger charge is -2.20. The standard InChI is InChI=1S/C12H20ClN5/c1-8(2)18-4-3-9(7-18)6-15-11-5-10(13)16-12(14)17-11/h5,8-9H,3-4,6-7H2,1-2H3,(H3,14,15,16,17). The van der Waals surface area contributed by atoms with Crippen LogP contribution in [0, 0.1) is 5.92 Å². The maximum absolute atomic E-state index is 5.83. The number of nitrogens with one attached hydrogen (secondary N) is 1. The Bertz CT molecular complexity index is 389. The monoisotopic (exact) mass is 269 g/mol. The van der Waals surface area contributed by atoms with Crippen molar-refractivity contribution in [2.45, 2.75) is 26.3 Å². The second kappa shape index (κ2) is 5.71. The number of nitrogens with zero attached hydrogens (tertiary/aromatic N) is 3. The van der Waals surface area contributed by atoms with Gasteiger partial charge in [-0.1, -0.05) is 11.6 Å². The van der Waals surface area contributed by atoms with Crippen LogP contribution in [-0.4, -0.2) is 40.5 Å². The van der Waals surface area contributed by atoms with Gasteiger partial charge >= 0.3 is 0 Å². The van der Waals surface area contributed by atoms with Crippen LogP contribution < -0.4 is 11.1 Å². The van der Waals surface area contributed by atoms with Crippen molar-refractivity contribution in [3.63, 3.8) is 0 Å². The minimum atomic E-state index is 0.209. The zero-order valence-electron chi connectivity index (χ0n) is 10.9. The third-order valence-corrected chi connectivity index (χ3v) is 3.53. The topological polar surface area (TPSA) is 67.1 Å². The summed E-state index contributed by atoms with van der Waals surface area (Å²) in [5.74, 6) is 1.57. The number of halogens is 1. The van der Waals surface area contributed by atoms with E-state index in [-0.39, 0.29) is 5.95 Å². The first-order valence-corrected chi connectivity index (χ1v) is 6.70. The van der Waals surface area contributed by atoms with Gasteiger partial charge in [0.25, 0.3) is 0 Å². The zero-order chi connectivity index (χ0) is 13.1. The third kappa shape index (κ3) is 3.46. The Hall–Kier alpha value is -1.07. The van der Waals surface area contributed by atoms with Crippen LogP contribution >= 0.6 is 11.6 Å². The number of anilines is 2. The molecule has 1 unspecified atom stereocenters. The molecular formula is C12H20ClN5. The normalized spacial score (nSPS) is 20.6. The first kappa shape index (κ1) is 13.4. The Labute approximate surface area is 113 Å². The molecule has 2 heterocycles. The molecule has 3 N–H and O–H groups in total. The highest BCUT2D eigenvalue weighted by atomic mass is 35.5. The number of hydrogen-bond acceptors (Lipinski definition) is 5. The molecule has 0 bridgehead atoms. The van der Waals surface area contributed by atoms with Crippen molar-refractivity contribution in [1.29, 1.82) is 0 Å². The largest absolute Gasteiger partial charge is 0.370 e. The molecule has 100 valence electrons. The summed E-state index contributed by atoms with van der Waals surface area (Å²) in [6.45, 7) is 7.69. The van der Waals surface area contributed by atoms with Crippen LogP contribution in [-0.2, 0) is 0 Å². The van der Waals surface area contributed by atoms with Crippen molar-refractivity contribution in [2.24, 2.45) is 5.92 Å².